The molecule has 0 saturated carbocycles. The molecule has 2 aromatic carbocycles. The van der Waals surface area contributed by atoms with E-state index in [9.17, 15) is 4.79 Å². The molecule has 8 nitrogen and oxygen atoms in total. The summed E-state index contributed by atoms with van der Waals surface area (Å²) in [4.78, 5) is 27.2. The summed E-state index contributed by atoms with van der Waals surface area (Å²) in [5, 5.41) is 2.12. The number of nitrogens with zero attached hydrogens (tertiary/aromatic N) is 4. The van der Waals surface area contributed by atoms with Crippen molar-refractivity contribution in [3.63, 3.8) is 0 Å². The molecule has 2 heterocycles. The van der Waals surface area contributed by atoms with Crippen LogP contribution in [0.5, 0.6) is 0 Å². The van der Waals surface area contributed by atoms with Crippen molar-refractivity contribution in [2.24, 2.45) is 0 Å². The first-order chi connectivity index (χ1) is 16.6. The highest BCUT2D eigenvalue weighted by molar-refractivity contribution is 6.36. The van der Waals surface area contributed by atoms with Crippen LogP contribution in [0.25, 0.3) is 22.5 Å². The minimum absolute atomic E-state index is 0.00333. The van der Waals surface area contributed by atoms with E-state index < -0.39 is 5.97 Å². The quantitative estimate of drug-likeness (QED) is 0.210. The number of carbonyl (C=O) groups is 1. The zero-order chi connectivity index (χ0) is 25.7. The van der Waals surface area contributed by atoms with E-state index in [0.717, 1.165) is 0 Å². The molecule has 0 saturated heterocycles. The van der Waals surface area contributed by atoms with E-state index >= 15 is 0 Å². The molecule has 0 fully saturated rings. The molecule has 4 rings (SSSR count). The summed E-state index contributed by atoms with van der Waals surface area (Å²) in [5.74, 6) is -0.630. The van der Waals surface area contributed by atoms with Gasteiger partial charge in [0.05, 0.1) is 29.9 Å². The molecule has 0 unspecified atom stereocenters. The largest absolute Gasteiger partial charge is 0.464 e. The van der Waals surface area contributed by atoms with E-state index in [1.165, 1.54) is 19.8 Å². The Morgan fingerprint density at radius 2 is 1.11 bits per heavy atom. The van der Waals surface area contributed by atoms with Gasteiger partial charge in [0.15, 0.2) is 10.8 Å². The fourth-order valence-corrected chi connectivity index (χ4v) is 4.06. The number of esters is 1. The van der Waals surface area contributed by atoms with Crippen LogP contribution in [0.3, 0.4) is 0 Å². The number of nitrogen functional groups attached to an aromatic ring is 2. The second-order valence-corrected chi connectivity index (χ2v) is 8.82. The third-order valence-electron chi connectivity index (χ3n) is 4.37. The minimum atomic E-state index is -0.630. The van der Waals surface area contributed by atoms with Crippen molar-refractivity contribution < 1.29 is 9.53 Å². The average molecular weight is 573 g/mol. The predicted molar refractivity (Wildman–Crippen MR) is 140 cm³/mol. The van der Waals surface area contributed by atoms with Crippen molar-refractivity contribution in [1.29, 1.82) is 0 Å². The van der Waals surface area contributed by atoms with Crippen LogP contribution in [0.4, 0.5) is 11.4 Å². The molecule has 0 atom stereocenters. The number of ether oxygens (including phenoxy) is 1. The first kappa shape index (κ1) is 26.7. The highest BCUT2D eigenvalue weighted by Gasteiger charge is 2.17. The zero-order valence-electron chi connectivity index (χ0n) is 17.8. The minimum Gasteiger partial charge on any atom is -0.464 e. The highest BCUT2D eigenvalue weighted by atomic mass is 35.5. The van der Waals surface area contributed by atoms with Crippen molar-refractivity contribution in [3.8, 4) is 22.5 Å². The number of rotatable bonds is 3. The molecule has 0 spiro atoms. The third kappa shape index (κ3) is 6.62. The Kier molecular flexibility index (Phi) is 8.93. The SMILES string of the molecule is COC(=O)c1ncnc(-c2cc(Cl)cc(Cl)c2)c1N.Nc1c(Cl)ncnc1-c1cc(Cl)cc(Cl)c1. The van der Waals surface area contributed by atoms with Gasteiger partial charge in [0.25, 0.3) is 0 Å². The summed E-state index contributed by atoms with van der Waals surface area (Å²) in [6, 6.07) is 9.93. The standard InChI is InChI=1S/C12H9Cl2N3O2.C10H6Cl3N3/c1-19-12(18)11-9(15)10(16-5-17-11)6-2-7(13)4-8(14)3-6;11-6-1-5(2-7(12)3-6)9-8(14)10(13)16-4-15-9/h2-5H,15H2,1H3;1-4H,14H2. The lowest BCUT2D eigenvalue weighted by Gasteiger charge is -2.08. The monoisotopic (exact) mass is 570 g/mol. The summed E-state index contributed by atoms with van der Waals surface area (Å²) in [7, 11) is 1.25. The maximum Gasteiger partial charge on any atom is 0.358 e. The lowest BCUT2D eigenvalue weighted by molar-refractivity contribution is 0.0595. The maximum absolute atomic E-state index is 11.5. The lowest BCUT2D eigenvalue weighted by atomic mass is 10.1. The zero-order valence-corrected chi connectivity index (χ0v) is 21.5. The number of hydrogen-bond acceptors (Lipinski definition) is 8. The number of benzene rings is 2. The fraction of sp³-hybridized carbons (Fsp3) is 0.0455. The van der Waals surface area contributed by atoms with E-state index in [2.05, 4.69) is 24.7 Å². The predicted octanol–water partition coefficient (Wildman–Crippen LogP) is 6.51. The summed E-state index contributed by atoms with van der Waals surface area (Å²) in [6.45, 7) is 0. The Labute approximate surface area is 225 Å². The number of hydrogen-bond donors (Lipinski definition) is 2. The first-order valence-electron chi connectivity index (χ1n) is 9.48. The number of aromatic nitrogens is 4. The molecule has 35 heavy (non-hydrogen) atoms. The van der Waals surface area contributed by atoms with Gasteiger partial charge in [0, 0.05) is 31.2 Å². The maximum atomic E-state index is 11.5. The van der Waals surface area contributed by atoms with Gasteiger partial charge >= 0.3 is 5.97 Å². The lowest BCUT2D eigenvalue weighted by Crippen LogP contribution is -2.10. The molecule has 0 amide bonds. The van der Waals surface area contributed by atoms with Crippen molar-refractivity contribution >= 4 is 75.3 Å². The van der Waals surface area contributed by atoms with Crippen molar-refractivity contribution in [2.45, 2.75) is 0 Å². The van der Waals surface area contributed by atoms with Crippen LogP contribution in [0.1, 0.15) is 10.5 Å². The summed E-state index contributed by atoms with van der Waals surface area (Å²) >= 11 is 29.4. The molecule has 0 bridgehead atoms. The molecular formula is C22H15Cl5N6O2. The van der Waals surface area contributed by atoms with E-state index in [4.69, 9.17) is 69.5 Å². The number of halogens is 5. The number of methoxy groups -OCH3 is 1. The van der Waals surface area contributed by atoms with E-state index in [1.807, 2.05) is 0 Å². The summed E-state index contributed by atoms with van der Waals surface area (Å²) in [6.07, 6.45) is 2.57. The fourth-order valence-electron chi connectivity index (χ4n) is 2.87. The van der Waals surface area contributed by atoms with Crippen LogP contribution in [0.15, 0.2) is 49.1 Å². The van der Waals surface area contributed by atoms with Gasteiger partial charge in [-0.15, -0.1) is 0 Å². The smallest absolute Gasteiger partial charge is 0.358 e. The Hall–Kier alpha value is -2.88. The molecule has 0 aliphatic heterocycles. The molecular weight excluding hydrogens is 558 g/mol. The van der Waals surface area contributed by atoms with Crippen LogP contribution in [0.2, 0.25) is 25.2 Å². The molecule has 4 N–H and O–H groups in total. The second-order valence-electron chi connectivity index (χ2n) is 6.72. The molecule has 0 aliphatic carbocycles. The van der Waals surface area contributed by atoms with Crippen LogP contribution < -0.4 is 11.5 Å². The van der Waals surface area contributed by atoms with Gasteiger partial charge in [-0.05, 0) is 36.4 Å². The Morgan fingerprint density at radius 3 is 1.57 bits per heavy atom. The normalized spacial score (nSPS) is 10.3. The third-order valence-corrected chi connectivity index (χ3v) is 5.54. The van der Waals surface area contributed by atoms with Gasteiger partial charge in [0.1, 0.15) is 12.7 Å². The molecule has 0 radical (unpaired) electrons. The highest BCUT2D eigenvalue weighted by Crippen LogP contribution is 2.32. The van der Waals surface area contributed by atoms with Crippen LogP contribution in [0, 0.1) is 0 Å². The Bertz CT molecular complexity index is 1360. The second kappa shape index (κ2) is 11.7. The van der Waals surface area contributed by atoms with Crippen molar-refractivity contribution in [2.75, 3.05) is 18.6 Å². The van der Waals surface area contributed by atoms with Crippen molar-refractivity contribution in [1.82, 2.24) is 19.9 Å². The summed E-state index contributed by atoms with van der Waals surface area (Å²) < 4.78 is 4.59. The first-order valence-corrected chi connectivity index (χ1v) is 11.4. The van der Waals surface area contributed by atoms with E-state index in [-0.39, 0.29) is 16.5 Å². The van der Waals surface area contributed by atoms with Gasteiger partial charge in [-0.2, -0.15) is 0 Å². The Balaban J connectivity index is 0.000000198. The molecule has 4 aromatic rings. The van der Waals surface area contributed by atoms with Gasteiger partial charge in [-0.3, -0.25) is 0 Å². The number of nitrogens with two attached hydrogens (primary N) is 2. The van der Waals surface area contributed by atoms with E-state index in [1.54, 1.807) is 36.4 Å². The van der Waals surface area contributed by atoms with Crippen molar-refractivity contribution in [3.05, 3.63) is 80.0 Å². The molecule has 13 heteroatoms. The molecule has 0 aliphatic rings. The summed E-state index contributed by atoms with van der Waals surface area (Å²) in [5.41, 5.74) is 14.3. The van der Waals surface area contributed by atoms with E-state index in [0.29, 0.717) is 48.3 Å². The van der Waals surface area contributed by atoms with Gasteiger partial charge < -0.3 is 16.2 Å². The van der Waals surface area contributed by atoms with Crippen LogP contribution in [-0.4, -0.2) is 33.0 Å². The number of carbonyl (C=O) groups excluding carboxylic acids is 1. The average Bonchev–Trinajstić information content (AvgIpc) is 2.79. The molecule has 180 valence electrons. The van der Waals surface area contributed by atoms with Crippen LogP contribution >= 0.6 is 58.0 Å². The van der Waals surface area contributed by atoms with Gasteiger partial charge in [0.2, 0.25) is 0 Å². The Morgan fingerprint density at radius 1 is 0.686 bits per heavy atom. The molecule has 2 aromatic heterocycles. The van der Waals surface area contributed by atoms with Crippen LogP contribution in [-0.2, 0) is 4.74 Å². The van der Waals surface area contributed by atoms with Gasteiger partial charge in [-0.25, -0.2) is 24.7 Å². The topological polar surface area (TPSA) is 130 Å². The van der Waals surface area contributed by atoms with Gasteiger partial charge in [-0.1, -0.05) is 58.0 Å². The number of anilines is 2.